The van der Waals surface area contributed by atoms with E-state index in [0.717, 1.165) is 12.1 Å². The molecule has 1 heterocycles. The van der Waals surface area contributed by atoms with Crippen molar-refractivity contribution in [2.24, 2.45) is 0 Å². The summed E-state index contributed by atoms with van der Waals surface area (Å²) in [5, 5.41) is 27.4. The zero-order chi connectivity index (χ0) is 12.7. The van der Waals surface area contributed by atoms with Gasteiger partial charge in [0.15, 0.2) is 16.9 Å². The Morgan fingerprint density at radius 2 is 1.82 bits per heavy atom. The molecule has 0 amide bonds. The molecule has 1 aromatic heterocycles. The minimum atomic E-state index is -1.37. The number of aromatic hydroxyl groups is 2. The lowest BCUT2D eigenvalue weighted by Crippen LogP contribution is -2.12. The molecule has 88 valence electrons. The Kier molecular flexibility index (Phi) is 2.27. The van der Waals surface area contributed by atoms with Crippen molar-refractivity contribution >= 4 is 16.9 Å². The van der Waals surface area contributed by atoms with Crippen molar-refractivity contribution < 1.29 is 24.5 Å². The number of carboxylic acids is 1. The van der Waals surface area contributed by atoms with E-state index >= 15 is 0 Å². The quantitative estimate of drug-likeness (QED) is 0.642. The van der Waals surface area contributed by atoms with Gasteiger partial charge in [-0.25, -0.2) is 4.79 Å². The first-order valence-electron chi connectivity index (χ1n) is 4.64. The summed E-state index contributed by atoms with van der Waals surface area (Å²) in [6, 6.07) is 2.03. The number of benzene rings is 1. The SMILES string of the molecule is Cc1c(C(=O)O)oc2cc(O)c(O)cc2c1=O. The van der Waals surface area contributed by atoms with Crippen molar-refractivity contribution in [3.8, 4) is 11.5 Å². The van der Waals surface area contributed by atoms with Crippen LogP contribution in [0.15, 0.2) is 21.3 Å². The van der Waals surface area contributed by atoms with E-state index in [1.807, 2.05) is 0 Å². The molecule has 0 radical (unpaired) electrons. The molecule has 17 heavy (non-hydrogen) atoms. The summed E-state index contributed by atoms with van der Waals surface area (Å²) in [7, 11) is 0. The Morgan fingerprint density at radius 3 is 2.41 bits per heavy atom. The fraction of sp³-hybridized carbons (Fsp3) is 0.0909. The van der Waals surface area contributed by atoms with E-state index in [4.69, 9.17) is 9.52 Å². The fourth-order valence-corrected chi connectivity index (χ4v) is 1.52. The van der Waals surface area contributed by atoms with Gasteiger partial charge in [-0.15, -0.1) is 0 Å². The van der Waals surface area contributed by atoms with Crippen LogP contribution in [0.1, 0.15) is 16.1 Å². The van der Waals surface area contributed by atoms with Crippen LogP contribution in [0.5, 0.6) is 11.5 Å². The Balaban J connectivity index is 2.96. The molecule has 0 saturated carbocycles. The van der Waals surface area contributed by atoms with Crippen LogP contribution < -0.4 is 5.43 Å². The molecule has 0 fully saturated rings. The fourth-order valence-electron chi connectivity index (χ4n) is 1.52. The van der Waals surface area contributed by atoms with Crippen molar-refractivity contribution in [1.29, 1.82) is 0 Å². The molecule has 6 heteroatoms. The van der Waals surface area contributed by atoms with Crippen molar-refractivity contribution in [3.05, 3.63) is 33.7 Å². The number of phenolic OH excluding ortho intramolecular Hbond substituents is 2. The number of fused-ring (bicyclic) bond motifs is 1. The second-order valence-electron chi connectivity index (χ2n) is 3.53. The van der Waals surface area contributed by atoms with Crippen molar-refractivity contribution in [2.75, 3.05) is 0 Å². The van der Waals surface area contributed by atoms with Crippen molar-refractivity contribution in [1.82, 2.24) is 0 Å². The topological polar surface area (TPSA) is 108 Å². The first-order chi connectivity index (χ1) is 7.91. The zero-order valence-electron chi connectivity index (χ0n) is 8.72. The Bertz CT molecular complexity index is 682. The summed E-state index contributed by atoms with van der Waals surface area (Å²) in [6.45, 7) is 1.32. The van der Waals surface area contributed by atoms with Crippen LogP contribution in [-0.4, -0.2) is 21.3 Å². The summed E-state index contributed by atoms with van der Waals surface area (Å²) in [5.41, 5.74) is -0.706. The highest BCUT2D eigenvalue weighted by molar-refractivity contribution is 5.90. The molecule has 0 bridgehead atoms. The molecule has 0 atom stereocenters. The van der Waals surface area contributed by atoms with Gasteiger partial charge in [-0.3, -0.25) is 4.79 Å². The number of phenols is 2. The van der Waals surface area contributed by atoms with Gasteiger partial charge in [0, 0.05) is 11.6 Å². The second kappa shape index (κ2) is 3.51. The maximum absolute atomic E-state index is 11.8. The number of carboxylic acid groups (broad SMARTS) is 1. The summed E-state index contributed by atoms with van der Waals surface area (Å²) in [5.74, 6) is -2.80. The normalized spacial score (nSPS) is 10.6. The molecular formula is C11H8O6. The van der Waals surface area contributed by atoms with E-state index in [2.05, 4.69) is 0 Å². The lowest BCUT2D eigenvalue weighted by Gasteiger charge is -2.04. The second-order valence-corrected chi connectivity index (χ2v) is 3.53. The van der Waals surface area contributed by atoms with Crippen LogP contribution in [0.4, 0.5) is 0 Å². The van der Waals surface area contributed by atoms with E-state index in [1.165, 1.54) is 6.92 Å². The molecule has 2 aromatic rings. The smallest absolute Gasteiger partial charge is 0.372 e. The van der Waals surface area contributed by atoms with Gasteiger partial charge < -0.3 is 19.7 Å². The predicted octanol–water partition coefficient (Wildman–Crippen LogP) is 1.21. The minimum absolute atomic E-state index is 0.0165. The summed E-state index contributed by atoms with van der Waals surface area (Å²) in [6.07, 6.45) is 0. The third kappa shape index (κ3) is 1.59. The Morgan fingerprint density at radius 1 is 1.24 bits per heavy atom. The van der Waals surface area contributed by atoms with Gasteiger partial charge in [0.1, 0.15) is 5.58 Å². The number of carbonyl (C=O) groups is 1. The lowest BCUT2D eigenvalue weighted by molar-refractivity contribution is 0.0661. The third-order valence-electron chi connectivity index (χ3n) is 2.41. The molecule has 0 aliphatic heterocycles. The molecule has 2 rings (SSSR count). The minimum Gasteiger partial charge on any atom is -0.504 e. The zero-order valence-corrected chi connectivity index (χ0v) is 8.72. The average molecular weight is 236 g/mol. The first-order valence-corrected chi connectivity index (χ1v) is 4.64. The van der Waals surface area contributed by atoms with E-state index in [0.29, 0.717) is 0 Å². The van der Waals surface area contributed by atoms with E-state index in [-0.39, 0.29) is 16.5 Å². The van der Waals surface area contributed by atoms with Crippen LogP contribution >= 0.6 is 0 Å². The van der Waals surface area contributed by atoms with Crippen LogP contribution in [0, 0.1) is 6.92 Å². The van der Waals surface area contributed by atoms with Gasteiger partial charge in [-0.2, -0.15) is 0 Å². The van der Waals surface area contributed by atoms with Gasteiger partial charge in [0.25, 0.3) is 0 Å². The van der Waals surface area contributed by atoms with Crippen LogP contribution in [-0.2, 0) is 0 Å². The maximum atomic E-state index is 11.8. The third-order valence-corrected chi connectivity index (χ3v) is 2.41. The number of rotatable bonds is 1. The van der Waals surface area contributed by atoms with Crippen LogP contribution in [0.2, 0.25) is 0 Å². The number of hydrogen-bond donors (Lipinski definition) is 3. The van der Waals surface area contributed by atoms with E-state index in [1.54, 1.807) is 0 Å². The molecule has 0 aliphatic carbocycles. The first kappa shape index (κ1) is 11.0. The molecule has 0 aliphatic rings. The predicted molar refractivity (Wildman–Crippen MR) is 57.5 cm³/mol. The van der Waals surface area contributed by atoms with Crippen LogP contribution in [0.25, 0.3) is 11.0 Å². The molecule has 1 aromatic carbocycles. The highest BCUT2D eigenvalue weighted by Crippen LogP contribution is 2.29. The largest absolute Gasteiger partial charge is 0.504 e. The van der Waals surface area contributed by atoms with Crippen LogP contribution in [0.3, 0.4) is 0 Å². The van der Waals surface area contributed by atoms with Gasteiger partial charge in [-0.1, -0.05) is 0 Å². The monoisotopic (exact) mass is 236 g/mol. The standard InChI is InChI=1S/C11H8O6/c1-4-9(14)5-2-6(12)7(13)3-8(5)17-10(4)11(15)16/h2-3,12-13H,1H3,(H,15,16). The Hall–Kier alpha value is -2.50. The lowest BCUT2D eigenvalue weighted by atomic mass is 10.1. The highest BCUT2D eigenvalue weighted by Gasteiger charge is 2.17. The van der Waals surface area contributed by atoms with E-state index < -0.39 is 28.7 Å². The molecular weight excluding hydrogens is 228 g/mol. The highest BCUT2D eigenvalue weighted by atomic mass is 16.4. The van der Waals surface area contributed by atoms with Gasteiger partial charge in [0.05, 0.1) is 5.39 Å². The average Bonchev–Trinajstić information content (AvgIpc) is 2.26. The molecule has 6 nitrogen and oxygen atoms in total. The van der Waals surface area contributed by atoms with E-state index in [9.17, 15) is 19.8 Å². The number of hydrogen-bond acceptors (Lipinski definition) is 5. The van der Waals surface area contributed by atoms with Gasteiger partial charge >= 0.3 is 5.97 Å². The van der Waals surface area contributed by atoms with Gasteiger partial charge in [-0.05, 0) is 13.0 Å². The van der Waals surface area contributed by atoms with Crippen molar-refractivity contribution in [2.45, 2.75) is 6.92 Å². The summed E-state index contributed by atoms with van der Waals surface area (Å²) in [4.78, 5) is 22.6. The van der Waals surface area contributed by atoms with Gasteiger partial charge in [0.2, 0.25) is 5.76 Å². The maximum Gasteiger partial charge on any atom is 0.372 e. The molecule has 0 unspecified atom stereocenters. The molecule has 3 N–H and O–H groups in total. The Labute approximate surface area is 94.4 Å². The van der Waals surface area contributed by atoms with Crippen molar-refractivity contribution in [3.63, 3.8) is 0 Å². The summed E-state index contributed by atoms with van der Waals surface area (Å²) >= 11 is 0. The number of aromatic carboxylic acids is 1. The summed E-state index contributed by atoms with van der Waals surface area (Å²) < 4.78 is 5.00. The molecule has 0 saturated heterocycles. The molecule has 0 spiro atoms.